The molecule has 2 amide bonds. The van der Waals surface area contributed by atoms with E-state index in [-0.39, 0.29) is 17.9 Å². The molecule has 1 aromatic rings. The van der Waals surface area contributed by atoms with Crippen LogP contribution in [0.25, 0.3) is 0 Å². The smallest absolute Gasteiger partial charge is 0.242 e. The molecule has 5 heteroatoms. The first kappa shape index (κ1) is 16.3. The number of carbonyl (C=O) groups is 2. The van der Waals surface area contributed by atoms with Crippen molar-refractivity contribution < 1.29 is 9.59 Å². The molecule has 2 aliphatic rings. The van der Waals surface area contributed by atoms with Gasteiger partial charge < -0.3 is 10.2 Å². The summed E-state index contributed by atoms with van der Waals surface area (Å²) in [5.74, 6) is 0.0583. The molecular formula is C18H23ClN2O2. The molecule has 0 radical (unpaired) electrons. The maximum absolute atomic E-state index is 13.3. The number of hydrogen-bond donors (Lipinski definition) is 1. The Morgan fingerprint density at radius 2 is 1.87 bits per heavy atom. The van der Waals surface area contributed by atoms with Crippen LogP contribution in [0.4, 0.5) is 0 Å². The van der Waals surface area contributed by atoms with Crippen molar-refractivity contribution in [1.29, 1.82) is 0 Å². The summed E-state index contributed by atoms with van der Waals surface area (Å²) >= 11 is 5.99. The maximum atomic E-state index is 13.3. The third-order valence-corrected chi connectivity index (χ3v) is 5.58. The number of benzene rings is 1. The fourth-order valence-electron chi connectivity index (χ4n) is 3.81. The zero-order chi connectivity index (χ0) is 16.4. The lowest BCUT2D eigenvalue weighted by atomic mass is 9.63. The van der Waals surface area contributed by atoms with Crippen LogP contribution in [0.15, 0.2) is 24.3 Å². The molecule has 1 aliphatic carbocycles. The second kappa shape index (κ2) is 6.52. The van der Waals surface area contributed by atoms with Gasteiger partial charge in [-0.25, -0.2) is 0 Å². The molecule has 1 unspecified atom stereocenters. The zero-order valence-electron chi connectivity index (χ0n) is 13.5. The molecule has 1 atom stereocenters. The van der Waals surface area contributed by atoms with E-state index in [0.29, 0.717) is 11.6 Å². The average molecular weight is 335 g/mol. The molecule has 1 saturated heterocycles. The number of likely N-dealkylation sites (tertiary alicyclic amines) is 1. The van der Waals surface area contributed by atoms with Gasteiger partial charge in [0.25, 0.3) is 0 Å². The van der Waals surface area contributed by atoms with E-state index >= 15 is 0 Å². The molecular weight excluding hydrogens is 312 g/mol. The van der Waals surface area contributed by atoms with Crippen molar-refractivity contribution >= 4 is 23.4 Å². The van der Waals surface area contributed by atoms with Crippen LogP contribution in [-0.2, 0) is 15.0 Å². The van der Waals surface area contributed by atoms with Gasteiger partial charge in [0.05, 0.1) is 5.41 Å². The average Bonchev–Trinajstić information content (AvgIpc) is 2.54. The number of likely N-dealkylation sites (N-methyl/N-ethyl adjacent to an activating group) is 1. The number of nitrogens with zero attached hydrogens (tertiary/aromatic N) is 1. The number of rotatable bonds is 3. The Bertz CT molecular complexity index is 596. The lowest BCUT2D eigenvalue weighted by Gasteiger charge is -2.47. The normalized spacial score (nSPS) is 23.0. The van der Waals surface area contributed by atoms with Crippen molar-refractivity contribution in [3.63, 3.8) is 0 Å². The molecule has 0 spiro atoms. The lowest BCUT2D eigenvalue weighted by molar-refractivity contribution is -0.149. The van der Waals surface area contributed by atoms with E-state index in [9.17, 15) is 9.59 Å². The molecule has 1 aliphatic heterocycles. The highest BCUT2D eigenvalue weighted by Crippen LogP contribution is 2.46. The van der Waals surface area contributed by atoms with Crippen molar-refractivity contribution in [2.24, 2.45) is 0 Å². The van der Waals surface area contributed by atoms with E-state index < -0.39 is 5.41 Å². The van der Waals surface area contributed by atoms with E-state index in [4.69, 9.17) is 11.6 Å². The van der Waals surface area contributed by atoms with E-state index in [1.807, 2.05) is 29.2 Å². The summed E-state index contributed by atoms with van der Waals surface area (Å²) in [6.07, 6.45) is 5.47. The summed E-state index contributed by atoms with van der Waals surface area (Å²) in [6.45, 7) is 0.673. The van der Waals surface area contributed by atoms with E-state index in [0.717, 1.165) is 44.1 Å². The third kappa shape index (κ3) is 2.85. The van der Waals surface area contributed by atoms with Gasteiger partial charge >= 0.3 is 0 Å². The van der Waals surface area contributed by atoms with Crippen molar-refractivity contribution in [1.82, 2.24) is 10.2 Å². The number of nitrogens with one attached hydrogen (secondary N) is 1. The fraction of sp³-hybridized carbons (Fsp3) is 0.556. The first-order valence-corrected chi connectivity index (χ1v) is 8.75. The highest BCUT2D eigenvalue weighted by Gasteiger charge is 2.49. The Morgan fingerprint density at radius 1 is 1.17 bits per heavy atom. The molecule has 124 valence electrons. The zero-order valence-corrected chi connectivity index (χ0v) is 14.2. The van der Waals surface area contributed by atoms with Gasteiger partial charge in [-0.1, -0.05) is 30.2 Å². The van der Waals surface area contributed by atoms with Gasteiger partial charge in [-0.15, -0.1) is 0 Å². The van der Waals surface area contributed by atoms with Crippen LogP contribution < -0.4 is 5.32 Å². The van der Waals surface area contributed by atoms with Gasteiger partial charge in [-0.05, 0) is 49.8 Å². The van der Waals surface area contributed by atoms with Crippen LogP contribution in [0.1, 0.15) is 44.1 Å². The summed E-state index contributed by atoms with van der Waals surface area (Å²) < 4.78 is 0. The van der Waals surface area contributed by atoms with Crippen molar-refractivity contribution in [3.05, 3.63) is 34.9 Å². The predicted molar refractivity (Wildman–Crippen MR) is 90.4 cm³/mol. The highest BCUT2D eigenvalue weighted by molar-refractivity contribution is 6.30. The molecule has 1 heterocycles. The number of amides is 2. The summed E-state index contributed by atoms with van der Waals surface area (Å²) in [5, 5.41) is 3.38. The van der Waals surface area contributed by atoms with Gasteiger partial charge in [0.2, 0.25) is 11.8 Å². The quantitative estimate of drug-likeness (QED) is 0.924. The van der Waals surface area contributed by atoms with Gasteiger partial charge in [-0.2, -0.15) is 0 Å². The molecule has 1 saturated carbocycles. The first-order chi connectivity index (χ1) is 11.1. The fourth-order valence-corrected chi connectivity index (χ4v) is 3.94. The third-order valence-electron chi connectivity index (χ3n) is 5.33. The minimum Gasteiger partial charge on any atom is -0.357 e. The minimum absolute atomic E-state index is 0.0522. The van der Waals surface area contributed by atoms with Crippen LogP contribution in [-0.4, -0.2) is 36.3 Å². The van der Waals surface area contributed by atoms with Crippen molar-refractivity contribution in [3.8, 4) is 0 Å². The van der Waals surface area contributed by atoms with E-state index in [1.165, 1.54) is 0 Å². The summed E-state index contributed by atoms with van der Waals surface area (Å²) in [5.41, 5.74) is 0.563. The number of piperidine rings is 1. The number of hydrogen-bond acceptors (Lipinski definition) is 2. The lowest BCUT2D eigenvalue weighted by Crippen LogP contribution is -2.58. The van der Waals surface area contributed by atoms with Gasteiger partial charge in [0.1, 0.15) is 6.04 Å². The first-order valence-electron chi connectivity index (χ1n) is 8.37. The van der Waals surface area contributed by atoms with Crippen LogP contribution in [0.5, 0.6) is 0 Å². The summed E-state index contributed by atoms with van der Waals surface area (Å²) in [6, 6.07) is 7.27. The monoisotopic (exact) mass is 334 g/mol. The van der Waals surface area contributed by atoms with E-state index in [2.05, 4.69) is 5.32 Å². The Hall–Kier alpha value is -1.55. The van der Waals surface area contributed by atoms with Crippen LogP contribution in [0.2, 0.25) is 5.02 Å². The Labute approximate surface area is 142 Å². The molecule has 1 aromatic carbocycles. The molecule has 23 heavy (non-hydrogen) atoms. The molecule has 0 bridgehead atoms. The van der Waals surface area contributed by atoms with Crippen LogP contribution in [0.3, 0.4) is 0 Å². The standard InChI is InChI=1S/C18H23ClN2O2/c1-20-16(22)15-5-2-3-12-21(15)17(23)18(10-4-11-18)13-6-8-14(19)9-7-13/h6-9,15H,2-5,10-12H2,1H3,(H,20,22). The van der Waals surface area contributed by atoms with E-state index in [1.54, 1.807) is 7.05 Å². The molecule has 2 fully saturated rings. The Kier molecular flexibility index (Phi) is 4.62. The molecule has 4 nitrogen and oxygen atoms in total. The van der Waals surface area contributed by atoms with Crippen LogP contribution in [0, 0.1) is 0 Å². The molecule has 1 N–H and O–H groups in total. The number of carbonyl (C=O) groups excluding carboxylic acids is 2. The summed E-state index contributed by atoms with van der Waals surface area (Å²) in [4.78, 5) is 27.3. The predicted octanol–water partition coefficient (Wildman–Crippen LogP) is 2.89. The van der Waals surface area contributed by atoms with Crippen LogP contribution >= 0.6 is 11.6 Å². The van der Waals surface area contributed by atoms with Crippen molar-refractivity contribution in [2.45, 2.75) is 50.0 Å². The second-order valence-electron chi connectivity index (χ2n) is 6.57. The Balaban J connectivity index is 1.89. The largest absolute Gasteiger partial charge is 0.357 e. The maximum Gasteiger partial charge on any atom is 0.242 e. The van der Waals surface area contributed by atoms with Gasteiger partial charge in [0.15, 0.2) is 0 Å². The van der Waals surface area contributed by atoms with Crippen molar-refractivity contribution in [2.75, 3.05) is 13.6 Å². The molecule has 0 aromatic heterocycles. The molecule has 3 rings (SSSR count). The summed E-state index contributed by atoms with van der Waals surface area (Å²) in [7, 11) is 1.64. The number of halogens is 1. The second-order valence-corrected chi connectivity index (χ2v) is 7.00. The van der Waals surface area contributed by atoms with Gasteiger partial charge in [-0.3, -0.25) is 9.59 Å². The highest BCUT2D eigenvalue weighted by atomic mass is 35.5. The Morgan fingerprint density at radius 3 is 2.43 bits per heavy atom. The minimum atomic E-state index is -0.464. The SMILES string of the molecule is CNC(=O)C1CCCCN1C(=O)C1(c2ccc(Cl)cc2)CCC1. The topological polar surface area (TPSA) is 49.4 Å². The van der Waals surface area contributed by atoms with Gasteiger partial charge in [0, 0.05) is 18.6 Å².